The number of esters is 2. The number of ether oxygens (including phenoxy) is 2. The lowest BCUT2D eigenvalue weighted by atomic mass is 10.1. The van der Waals surface area contributed by atoms with Crippen molar-refractivity contribution >= 4 is 50.8 Å². The molecule has 0 bridgehead atoms. The van der Waals surface area contributed by atoms with Crippen molar-refractivity contribution in [1.29, 1.82) is 0 Å². The Bertz CT molecular complexity index is 1280. The molecule has 0 saturated carbocycles. The Morgan fingerprint density at radius 2 is 1.89 bits per heavy atom. The highest BCUT2D eigenvalue weighted by atomic mass is 32.1. The zero-order valence-corrected chi connectivity index (χ0v) is 20.9. The largest absolute Gasteiger partial charge is 0.466 e. The molecule has 2 N–H and O–H groups in total. The van der Waals surface area contributed by atoms with Gasteiger partial charge in [-0.05, 0) is 57.5 Å². The molecule has 1 amide bonds. The van der Waals surface area contributed by atoms with Crippen molar-refractivity contribution in [1.82, 2.24) is 15.3 Å². The lowest BCUT2D eigenvalue weighted by Crippen LogP contribution is -2.42. The van der Waals surface area contributed by atoms with Gasteiger partial charge < -0.3 is 24.7 Å². The fourth-order valence-electron chi connectivity index (χ4n) is 3.43. The highest BCUT2D eigenvalue weighted by Crippen LogP contribution is 2.31. The smallest absolute Gasteiger partial charge is 0.328 e. The molecule has 10 nitrogen and oxygen atoms in total. The number of carbonyl (C=O) groups excluding carboxylic acids is 3. The zero-order valence-electron chi connectivity index (χ0n) is 20.0. The third-order valence-corrected chi connectivity index (χ3v) is 6.32. The monoisotopic (exact) mass is 500 g/mol. The number of thiophene rings is 1. The van der Waals surface area contributed by atoms with Gasteiger partial charge in [0.15, 0.2) is 0 Å². The van der Waals surface area contributed by atoms with E-state index in [0.29, 0.717) is 21.6 Å². The van der Waals surface area contributed by atoms with Crippen LogP contribution < -0.4 is 15.8 Å². The molecule has 0 aliphatic rings. The van der Waals surface area contributed by atoms with Crippen molar-refractivity contribution in [3.8, 4) is 0 Å². The summed E-state index contributed by atoms with van der Waals surface area (Å²) in [5, 5.41) is 3.88. The second-order valence-electron chi connectivity index (χ2n) is 7.67. The molecule has 3 aromatic rings. The van der Waals surface area contributed by atoms with Gasteiger partial charge in [0.2, 0.25) is 0 Å². The summed E-state index contributed by atoms with van der Waals surface area (Å²) >= 11 is 1.22. The summed E-state index contributed by atoms with van der Waals surface area (Å²) in [5.74, 6) is -0.966. The first-order valence-corrected chi connectivity index (χ1v) is 12.0. The number of hydrogen-bond donors (Lipinski definition) is 2. The summed E-state index contributed by atoms with van der Waals surface area (Å²) in [7, 11) is 1.82. The van der Waals surface area contributed by atoms with Crippen LogP contribution in [0.1, 0.15) is 42.2 Å². The van der Waals surface area contributed by atoms with Gasteiger partial charge in [-0.25, -0.2) is 9.78 Å². The summed E-state index contributed by atoms with van der Waals surface area (Å²) < 4.78 is 9.94. The van der Waals surface area contributed by atoms with Crippen LogP contribution in [-0.4, -0.2) is 54.1 Å². The Morgan fingerprint density at radius 3 is 2.60 bits per heavy atom. The van der Waals surface area contributed by atoms with Crippen LogP contribution in [0.15, 0.2) is 35.1 Å². The maximum absolute atomic E-state index is 12.9. The molecule has 1 aromatic carbocycles. The van der Waals surface area contributed by atoms with Crippen LogP contribution in [0.4, 0.5) is 10.7 Å². The minimum Gasteiger partial charge on any atom is -0.466 e. The number of hydrogen-bond acceptors (Lipinski definition) is 9. The fraction of sp³-hybridized carbons (Fsp3) is 0.375. The SMILES string of the molecule is CCOC(=O)CCC(NC(=O)c1ccc(N(C)c2ccc3nc(C)[nH]c(=O)c3c2)s1)C(=O)OCC. The average molecular weight is 501 g/mol. The number of amides is 1. The van der Waals surface area contributed by atoms with E-state index in [2.05, 4.69) is 15.3 Å². The zero-order chi connectivity index (χ0) is 25.5. The molecular formula is C24H28N4O6S. The summed E-state index contributed by atoms with van der Waals surface area (Å²) in [6.45, 7) is 5.48. The van der Waals surface area contributed by atoms with Gasteiger partial charge in [0.25, 0.3) is 11.5 Å². The van der Waals surface area contributed by atoms with E-state index in [0.717, 1.165) is 10.7 Å². The molecule has 0 spiro atoms. The Kier molecular flexibility index (Phi) is 8.58. The second kappa shape index (κ2) is 11.6. The number of aromatic amines is 1. The van der Waals surface area contributed by atoms with Gasteiger partial charge in [-0.2, -0.15) is 0 Å². The van der Waals surface area contributed by atoms with E-state index >= 15 is 0 Å². The van der Waals surface area contributed by atoms with Gasteiger partial charge in [-0.3, -0.25) is 14.4 Å². The Labute approximate surface area is 206 Å². The number of benzene rings is 1. The summed E-state index contributed by atoms with van der Waals surface area (Å²) in [6, 6.07) is 7.82. The molecule has 1 unspecified atom stereocenters. The molecule has 0 aliphatic carbocycles. The molecule has 1 atom stereocenters. The van der Waals surface area contributed by atoms with Crippen LogP contribution >= 0.6 is 11.3 Å². The third-order valence-electron chi connectivity index (χ3n) is 5.16. The molecule has 0 radical (unpaired) electrons. The first-order chi connectivity index (χ1) is 16.7. The minimum atomic E-state index is -0.974. The highest BCUT2D eigenvalue weighted by Gasteiger charge is 2.25. The molecule has 186 valence electrons. The average Bonchev–Trinajstić information content (AvgIpc) is 3.31. The first-order valence-electron chi connectivity index (χ1n) is 11.2. The van der Waals surface area contributed by atoms with Gasteiger partial charge in [-0.1, -0.05) is 0 Å². The van der Waals surface area contributed by atoms with Crippen LogP contribution in [0.5, 0.6) is 0 Å². The van der Waals surface area contributed by atoms with E-state index < -0.39 is 23.9 Å². The lowest BCUT2D eigenvalue weighted by Gasteiger charge is -2.18. The molecule has 3 rings (SSSR count). The van der Waals surface area contributed by atoms with Crippen LogP contribution in [0.25, 0.3) is 10.9 Å². The fourth-order valence-corrected chi connectivity index (χ4v) is 4.32. The maximum atomic E-state index is 12.9. The van der Waals surface area contributed by atoms with E-state index in [1.165, 1.54) is 11.3 Å². The lowest BCUT2D eigenvalue weighted by molar-refractivity contribution is -0.146. The first kappa shape index (κ1) is 25.9. The number of aryl methyl sites for hydroxylation is 1. The summed E-state index contributed by atoms with van der Waals surface area (Å²) in [6.07, 6.45) is 0.0478. The molecule has 2 heterocycles. The van der Waals surface area contributed by atoms with Gasteiger partial charge in [0.05, 0.1) is 34.0 Å². The van der Waals surface area contributed by atoms with Gasteiger partial charge >= 0.3 is 11.9 Å². The van der Waals surface area contributed by atoms with Crippen molar-refractivity contribution in [3.05, 3.63) is 51.4 Å². The molecular weight excluding hydrogens is 472 g/mol. The molecule has 11 heteroatoms. The van der Waals surface area contributed by atoms with E-state index in [1.807, 2.05) is 18.0 Å². The number of H-pyrrole nitrogens is 1. The van der Waals surface area contributed by atoms with Crippen molar-refractivity contribution < 1.29 is 23.9 Å². The van der Waals surface area contributed by atoms with Gasteiger partial charge in [-0.15, -0.1) is 11.3 Å². The van der Waals surface area contributed by atoms with Gasteiger partial charge in [0.1, 0.15) is 11.9 Å². The van der Waals surface area contributed by atoms with Crippen molar-refractivity contribution in [2.24, 2.45) is 0 Å². The van der Waals surface area contributed by atoms with Crippen molar-refractivity contribution in [3.63, 3.8) is 0 Å². The third kappa shape index (κ3) is 6.44. The normalized spacial score (nSPS) is 11.7. The number of nitrogens with zero attached hydrogens (tertiary/aromatic N) is 2. The van der Waals surface area contributed by atoms with Crippen LogP contribution in [0.3, 0.4) is 0 Å². The Morgan fingerprint density at radius 1 is 1.14 bits per heavy atom. The number of nitrogens with one attached hydrogen (secondary N) is 2. The Balaban J connectivity index is 1.75. The predicted octanol–water partition coefficient (Wildman–Crippen LogP) is 3.07. The standard InChI is InChI=1S/C24H28N4O6S/c1-5-33-21(29)12-9-18(24(32)34-6-2)27-23(31)19-10-11-20(35-19)28(4)15-7-8-17-16(13-15)22(30)26-14(3)25-17/h7-8,10-11,13,18H,5-6,9,12H2,1-4H3,(H,27,31)(H,25,26,30). The van der Waals surface area contributed by atoms with E-state index in [9.17, 15) is 19.2 Å². The molecule has 0 fully saturated rings. The minimum absolute atomic E-state index is 0.0223. The van der Waals surface area contributed by atoms with Gasteiger partial charge in [0, 0.05) is 19.2 Å². The second-order valence-corrected chi connectivity index (χ2v) is 8.73. The molecule has 0 saturated heterocycles. The molecule has 0 aliphatic heterocycles. The highest BCUT2D eigenvalue weighted by molar-refractivity contribution is 7.18. The van der Waals surface area contributed by atoms with Crippen LogP contribution in [0, 0.1) is 6.92 Å². The number of carbonyl (C=O) groups is 3. The molecule has 35 heavy (non-hydrogen) atoms. The number of fused-ring (bicyclic) bond motifs is 1. The molecule has 2 aromatic heterocycles. The predicted molar refractivity (Wildman–Crippen MR) is 133 cm³/mol. The number of aromatic nitrogens is 2. The maximum Gasteiger partial charge on any atom is 0.328 e. The van der Waals surface area contributed by atoms with Crippen molar-refractivity contribution in [2.75, 3.05) is 25.2 Å². The summed E-state index contributed by atoms with van der Waals surface area (Å²) in [4.78, 5) is 58.4. The van der Waals surface area contributed by atoms with E-state index in [1.54, 1.807) is 45.0 Å². The van der Waals surface area contributed by atoms with E-state index in [-0.39, 0.29) is 31.6 Å². The van der Waals surface area contributed by atoms with Crippen LogP contribution in [-0.2, 0) is 19.1 Å². The topological polar surface area (TPSA) is 131 Å². The van der Waals surface area contributed by atoms with E-state index in [4.69, 9.17) is 9.47 Å². The Hall–Kier alpha value is -3.73. The van der Waals surface area contributed by atoms with Crippen LogP contribution in [0.2, 0.25) is 0 Å². The summed E-state index contributed by atoms with van der Waals surface area (Å²) in [5.41, 5.74) is 1.13. The van der Waals surface area contributed by atoms with Crippen molar-refractivity contribution in [2.45, 2.75) is 39.7 Å². The number of rotatable bonds is 10. The quantitative estimate of drug-likeness (QED) is 0.406. The number of anilines is 2.